The van der Waals surface area contributed by atoms with E-state index in [1.807, 2.05) is 0 Å². The van der Waals surface area contributed by atoms with Crippen LogP contribution in [0.5, 0.6) is 0 Å². The van der Waals surface area contributed by atoms with Gasteiger partial charge in [-0.15, -0.1) is 0 Å². The first-order valence-corrected chi connectivity index (χ1v) is 9.78. The van der Waals surface area contributed by atoms with Gasteiger partial charge in [-0.05, 0) is 48.2 Å². The number of hydrogen-bond acceptors (Lipinski definition) is 2. The Morgan fingerprint density at radius 1 is 1.00 bits per heavy atom. The topological polar surface area (TPSA) is 23.6 Å². The summed E-state index contributed by atoms with van der Waals surface area (Å²) < 4.78 is 53.0. The van der Waals surface area contributed by atoms with E-state index in [2.05, 4.69) is 0 Å². The molecule has 2 atom stereocenters. The molecule has 0 bridgehead atoms. The first-order chi connectivity index (χ1) is 13.7. The van der Waals surface area contributed by atoms with Crippen molar-refractivity contribution in [3.63, 3.8) is 0 Å². The summed E-state index contributed by atoms with van der Waals surface area (Å²) in [6.45, 7) is 1.33. The molecule has 0 unspecified atom stereocenters. The molecule has 8 heteroatoms. The molecule has 1 saturated heterocycles. The maximum absolute atomic E-state index is 13.3. The molecular weight excluding hydrogens is 408 g/mol. The third kappa shape index (κ3) is 4.20. The molecule has 2 aromatic rings. The average molecular weight is 427 g/mol. The number of alkyl halides is 3. The van der Waals surface area contributed by atoms with Crippen LogP contribution in [-0.4, -0.2) is 37.0 Å². The molecule has 2 aliphatic rings. The second kappa shape index (κ2) is 7.52. The van der Waals surface area contributed by atoms with E-state index < -0.39 is 11.7 Å². The van der Waals surface area contributed by atoms with Gasteiger partial charge in [-0.2, -0.15) is 13.2 Å². The molecular formula is C21H19ClF4N2O. The summed E-state index contributed by atoms with van der Waals surface area (Å²) in [4.78, 5) is 16.1. The van der Waals surface area contributed by atoms with Crippen LogP contribution in [0.15, 0.2) is 42.5 Å². The molecule has 2 fully saturated rings. The van der Waals surface area contributed by atoms with Crippen molar-refractivity contribution in [1.82, 2.24) is 4.90 Å². The van der Waals surface area contributed by atoms with Crippen LogP contribution in [0.4, 0.5) is 23.2 Å². The van der Waals surface area contributed by atoms with Crippen molar-refractivity contribution < 1.29 is 22.4 Å². The van der Waals surface area contributed by atoms with Crippen LogP contribution < -0.4 is 4.90 Å². The van der Waals surface area contributed by atoms with Crippen LogP contribution in [0.1, 0.15) is 23.5 Å². The van der Waals surface area contributed by atoms with Crippen LogP contribution in [-0.2, 0) is 11.0 Å². The van der Waals surface area contributed by atoms with Crippen molar-refractivity contribution in [3.8, 4) is 0 Å². The Kier molecular flexibility index (Phi) is 5.19. The fraction of sp³-hybridized carbons (Fsp3) is 0.381. The maximum Gasteiger partial charge on any atom is 0.418 e. The Hall–Kier alpha value is -2.28. The number of halogens is 5. The monoisotopic (exact) mass is 426 g/mol. The van der Waals surface area contributed by atoms with E-state index in [-0.39, 0.29) is 34.3 Å². The van der Waals surface area contributed by atoms with Gasteiger partial charge in [-0.25, -0.2) is 4.39 Å². The minimum atomic E-state index is -4.47. The van der Waals surface area contributed by atoms with E-state index in [0.717, 1.165) is 18.1 Å². The Bertz CT molecular complexity index is 908. The van der Waals surface area contributed by atoms with Crippen LogP contribution in [0.2, 0.25) is 5.02 Å². The Labute approximate surface area is 170 Å². The molecule has 0 spiro atoms. The van der Waals surface area contributed by atoms with Crippen LogP contribution >= 0.6 is 11.6 Å². The van der Waals surface area contributed by atoms with Gasteiger partial charge in [0.1, 0.15) is 5.82 Å². The highest BCUT2D eigenvalue weighted by Gasteiger charge is 2.46. The predicted octanol–water partition coefficient (Wildman–Crippen LogP) is 4.95. The average Bonchev–Trinajstić information content (AvgIpc) is 3.48. The standard InChI is InChI=1S/C21H19ClF4N2O/c22-14-3-6-18(21(24,25)26)19(11-14)27-7-9-28(10-8-27)20(29)17-12-16(17)13-1-4-15(23)5-2-13/h1-6,11,16-17H,7-10,12H2/t16-,17-/m0/s1. The van der Waals surface area contributed by atoms with Gasteiger partial charge >= 0.3 is 6.18 Å². The summed E-state index contributed by atoms with van der Waals surface area (Å²) in [6.07, 6.45) is -3.75. The van der Waals surface area contributed by atoms with Crippen molar-refractivity contribution in [2.45, 2.75) is 18.5 Å². The predicted molar refractivity (Wildman–Crippen MR) is 102 cm³/mol. The fourth-order valence-corrected chi connectivity index (χ4v) is 4.12. The van der Waals surface area contributed by atoms with E-state index in [4.69, 9.17) is 11.6 Å². The quantitative estimate of drug-likeness (QED) is 0.648. The van der Waals surface area contributed by atoms with E-state index in [9.17, 15) is 22.4 Å². The lowest BCUT2D eigenvalue weighted by Crippen LogP contribution is -2.49. The Morgan fingerprint density at radius 3 is 2.28 bits per heavy atom. The zero-order valence-corrected chi connectivity index (χ0v) is 16.2. The molecule has 4 rings (SSSR count). The SMILES string of the molecule is O=C([C@H]1C[C@H]1c1ccc(F)cc1)N1CCN(c2cc(Cl)ccc2C(F)(F)F)CC1. The molecule has 1 heterocycles. The number of hydrogen-bond donors (Lipinski definition) is 0. The molecule has 3 nitrogen and oxygen atoms in total. The van der Waals surface area contributed by atoms with Crippen molar-refractivity contribution in [2.24, 2.45) is 5.92 Å². The largest absolute Gasteiger partial charge is 0.418 e. The molecule has 1 aliphatic carbocycles. The van der Waals surface area contributed by atoms with Gasteiger partial charge in [-0.3, -0.25) is 4.79 Å². The zero-order chi connectivity index (χ0) is 20.8. The van der Waals surface area contributed by atoms with E-state index in [1.165, 1.54) is 24.3 Å². The van der Waals surface area contributed by atoms with Crippen LogP contribution in [0.25, 0.3) is 0 Å². The number of rotatable bonds is 3. The summed E-state index contributed by atoms with van der Waals surface area (Å²) >= 11 is 5.92. The molecule has 1 aliphatic heterocycles. The number of benzene rings is 2. The molecule has 29 heavy (non-hydrogen) atoms. The smallest absolute Gasteiger partial charge is 0.367 e. The van der Waals surface area contributed by atoms with Gasteiger partial charge in [0, 0.05) is 37.1 Å². The van der Waals surface area contributed by atoms with Crippen molar-refractivity contribution >= 4 is 23.2 Å². The molecule has 1 saturated carbocycles. The van der Waals surface area contributed by atoms with Crippen LogP contribution in [0, 0.1) is 11.7 Å². The number of carbonyl (C=O) groups excluding carboxylic acids is 1. The third-order valence-electron chi connectivity index (χ3n) is 5.60. The van der Waals surface area contributed by atoms with Gasteiger partial charge in [0.05, 0.1) is 11.3 Å². The maximum atomic E-state index is 13.3. The van der Waals surface area contributed by atoms with Gasteiger partial charge in [0.15, 0.2) is 0 Å². The molecule has 2 aromatic carbocycles. The first kappa shape index (κ1) is 20.0. The third-order valence-corrected chi connectivity index (χ3v) is 5.84. The molecule has 0 radical (unpaired) electrons. The number of amides is 1. The van der Waals surface area contributed by atoms with Crippen molar-refractivity contribution in [3.05, 3.63) is 64.4 Å². The summed E-state index contributed by atoms with van der Waals surface area (Å²) in [5, 5.41) is 0.242. The van der Waals surface area contributed by atoms with Gasteiger partial charge in [-0.1, -0.05) is 23.7 Å². The number of carbonyl (C=O) groups is 1. The highest BCUT2D eigenvalue weighted by Crippen LogP contribution is 2.48. The second-order valence-corrected chi connectivity index (χ2v) is 7.91. The summed E-state index contributed by atoms with van der Waals surface area (Å²) in [6, 6.07) is 9.72. The lowest BCUT2D eigenvalue weighted by Gasteiger charge is -2.37. The lowest BCUT2D eigenvalue weighted by atomic mass is 10.1. The number of piperazine rings is 1. The first-order valence-electron chi connectivity index (χ1n) is 9.40. The van der Waals surface area contributed by atoms with Gasteiger partial charge < -0.3 is 9.80 Å². The fourth-order valence-electron chi connectivity index (χ4n) is 3.95. The summed E-state index contributed by atoms with van der Waals surface area (Å²) in [5.41, 5.74) is 0.269. The molecule has 0 N–H and O–H groups in total. The highest BCUT2D eigenvalue weighted by atomic mass is 35.5. The van der Waals surface area contributed by atoms with E-state index >= 15 is 0 Å². The number of anilines is 1. The molecule has 154 valence electrons. The van der Waals surface area contributed by atoms with Crippen LogP contribution in [0.3, 0.4) is 0 Å². The number of nitrogens with zero attached hydrogens (tertiary/aromatic N) is 2. The minimum absolute atomic E-state index is 0.0149. The second-order valence-electron chi connectivity index (χ2n) is 7.47. The zero-order valence-electron chi connectivity index (χ0n) is 15.4. The molecule has 0 aromatic heterocycles. The van der Waals surface area contributed by atoms with Crippen molar-refractivity contribution in [1.29, 1.82) is 0 Å². The summed E-state index contributed by atoms with van der Waals surface area (Å²) in [7, 11) is 0. The van der Waals surface area contributed by atoms with Gasteiger partial charge in [0.2, 0.25) is 5.91 Å². The highest BCUT2D eigenvalue weighted by molar-refractivity contribution is 6.30. The Balaban J connectivity index is 1.40. The van der Waals surface area contributed by atoms with E-state index in [1.54, 1.807) is 21.9 Å². The Morgan fingerprint density at radius 2 is 1.66 bits per heavy atom. The molecule has 1 amide bonds. The van der Waals surface area contributed by atoms with Gasteiger partial charge in [0.25, 0.3) is 0 Å². The van der Waals surface area contributed by atoms with Crippen molar-refractivity contribution in [2.75, 3.05) is 31.1 Å². The lowest BCUT2D eigenvalue weighted by molar-refractivity contribution is -0.137. The minimum Gasteiger partial charge on any atom is -0.367 e. The van der Waals surface area contributed by atoms with E-state index in [0.29, 0.717) is 26.2 Å². The normalized spacial score (nSPS) is 22.0. The summed E-state index contributed by atoms with van der Waals surface area (Å²) in [5.74, 6) is -0.344.